The van der Waals surface area contributed by atoms with E-state index >= 15 is 0 Å². The van der Waals surface area contributed by atoms with E-state index in [1.165, 1.54) is 12.3 Å². The number of aromatic nitrogens is 1. The molecule has 0 saturated carbocycles. The second kappa shape index (κ2) is 5.14. The lowest BCUT2D eigenvalue weighted by Crippen LogP contribution is -2.23. The minimum Gasteiger partial charge on any atom is -0.364 e. The summed E-state index contributed by atoms with van der Waals surface area (Å²) in [6, 6.07) is 7.49. The van der Waals surface area contributed by atoms with Gasteiger partial charge in [0.05, 0.1) is 0 Å². The number of benzene rings is 1. The molecule has 2 aromatic rings. The third kappa shape index (κ3) is 2.94. The molecule has 1 aromatic heterocycles. The Labute approximate surface area is 107 Å². The van der Waals surface area contributed by atoms with Crippen molar-refractivity contribution < 1.29 is 9.32 Å². The highest BCUT2D eigenvalue weighted by Gasteiger charge is 2.08. The van der Waals surface area contributed by atoms with Gasteiger partial charge < -0.3 is 9.84 Å². The van der Waals surface area contributed by atoms with Crippen molar-refractivity contribution >= 4 is 21.8 Å². The summed E-state index contributed by atoms with van der Waals surface area (Å²) in [5.74, 6) is -0.238. The summed E-state index contributed by atoms with van der Waals surface area (Å²) >= 11 is 3.40. The molecule has 1 amide bonds. The van der Waals surface area contributed by atoms with E-state index in [4.69, 9.17) is 0 Å². The van der Waals surface area contributed by atoms with Crippen molar-refractivity contribution in [1.82, 2.24) is 10.5 Å². The molecule has 0 aliphatic rings. The van der Waals surface area contributed by atoms with Gasteiger partial charge in [0.15, 0.2) is 5.69 Å². The van der Waals surface area contributed by atoms with Gasteiger partial charge >= 0.3 is 0 Å². The van der Waals surface area contributed by atoms with E-state index in [-0.39, 0.29) is 11.6 Å². The number of halogens is 1. The average Bonchev–Trinajstić information content (AvgIpc) is 2.83. The summed E-state index contributed by atoms with van der Waals surface area (Å²) in [5, 5.41) is 6.36. The SMILES string of the molecule is Cc1ccc(Br)cc1CNC(=O)c1ccon1. The molecule has 0 unspecified atom stereocenters. The molecule has 0 aliphatic heterocycles. The monoisotopic (exact) mass is 294 g/mol. The first-order valence-corrected chi connectivity index (χ1v) is 5.90. The average molecular weight is 295 g/mol. The molecule has 1 heterocycles. The summed E-state index contributed by atoms with van der Waals surface area (Å²) in [6.45, 7) is 2.47. The van der Waals surface area contributed by atoms with Gasteiger partial charge in [-0.2, -0.15) is 0 Å². The predicted octanol–water partition coefficient (Wildman–Crippen LogP) is 2.68. The van der Waals surface area contributed by atoms with Gasteiger partial charge in [0.25, 0.3) is 5.91 Å². The first-order valence-electron chi connectivity index (χ1n) is 5.10. The van der Waals surface area contributed by atoms with Crippen LogP contribution in [0.25, 0.3) is 0 Å². The zero-order chi connectivity index (χ0) is 12.3. The molecule has 0 saturated heterocycles. The number of amides is 1. The van der Waals surface area contributed by atoms with Crippen molar-refractivity contribution in [3.8, 4) is 0 Å². The summed E-state index contributed by atoms with van der Waals surface area (Å²) in [5.41, 5.74) is 2.49. The van der Waals surface area contributed by atoms with Crippen LogP contribution < -0.4 is 5.32 Å². The molecule has 0 radical (unpaired) electrons. The molecule has 2 rings (SSSR count). The quantitative estimate of drug-likeness (QED) is 0.947. The number of carbonyl (C=O) groups excluding carboxylic acids is 1. The minimum absolute atomic E-state index is 0.238. The maximum Gasteiger partial charge on any atom is 0.273 e. The van der Waals surface area contributed by atoms with Crippen LogP contribution in [0.2, 0.25) is 0 Å². The third-order valence-electron chi connectivity index (χ3n) is 2.42. The van der Waals surface area contributed by atoms with E-state index in [1.807, 2.05) is 25.1 Å². The Bertz CT molecular complexity index is 523. The van der Waals surface area contributed by atoms with Crippen molar-refractivity contribution in [1.29, 1.82) is 0 Å². The van der Waals surface area contributed by atoms with Gasteiger partial charge in [-0.05, 0) is 30.2 Å². The van der Waals surface area contributed by atoms with Crippen molar-refractivity contribution in [3.63, 3.8) is 0 Å². The summed E-state index contributed by atoms with van der Waals surface area (Å²) < 4.78 is 5.61. The molecule has 0 bridgehead atoms. The molecule has 0 spiro atoms. The molecule has 88 valence electrons. The van der Waals surface area contributed by atoms with Gasteiger partial charge in [-0.25, -0.2) is 0 Å². The fourth-order valence-electron chi connectivity index (χ4n) is 1.43. The smallest absolute Gasteiger partial charge is 0.273 e. The Morgan fingerprint density at radius 2 is 2.29 bits per heavy atom. The lowest BCUT2D eigenvalue weighted by atomic mass is 10.1. The van der Waals surface area contributed by atoms with Crippen LogP contribution in [0.5, 0.6) is 0 Å². The molecule has 0 atom stereocenters. The van der Waals surface area contributed by atoms with Gasteiger partial charge in [-0.15, -0.1) is 0 Å². The standard InChI is InChI=1S/C12H11BrN2O2/c1-8-2-3-10(13)6-9(8)7-14-12(16)11-4-5-17-15-11/h2-6H,7H2,1H3,(H,14,16). The van der Waals surface area contributed by atoms with Crippen LogP contribution in [0.4, 0.5) is 0 Å². The molecular formula is C12H11BrN2O2. The Kier molecular flexibility index (Phi) is 3.58. The lowest BCUT2D eigenvalue weighted by molar-refractivity contribution is 0.0942. The van der Waals surface area contributed by atoms with E-state index in [0.29, 0.717) is 6.54 Å². The van der Waals surface area contributed by atoms with Gasteiger partial charge in [-0.3, -0.25) is 4.79 Å². The fraction of sp³-hybridized carbons (Fsp3) is 0.167. The number of hydrogen-bond acceptors (Lipinski definition) is 3. The molecular weight excluding hydrogens is 284 g/mol. The number of nitrogens with one attached hydrogen (secondary N) is 1. The van der Waals surface area contributed by atoms with Crippen molar-refractivity contribution in [2.45, 2.75) is 13.5 Å². The topological polar surface area (TPSA) is 55.1 Å². The van der Waals surface area contributed by atoms with E-state index in [0.717, 1.165) is 15.6 Å². The first-order chi connectivity index (χ1) is 8.16. The summed E-state index contributed by atoms with van der Waals surface area (Å²) in [4.78, 5) is 11.6. The molecule has 5 heteroatoms. The van der Waals surface area contributed by atoms with Crippen LogP contribution in [0.3, 0.4) is 0 Å². The summed E-state index contributed by atoms with van der Waals surface area (Å²) in [6.07, 6.45) is 1.37. The second-order valence-electron chi connectivity index (χ2n) is 3.64. The Balaban J connectivity index is 2.03. The van der Waals surface area contributed by atoms with Crippen LogP contribution in [-0.4, -0.2) is 11.1 Å². The van der Waals surface area contributed by atoms with Gasteiger partial charge in [0.1, 0.15) is 6.26 Å². The van der Waals surface area contributed by atoms with Crippen molar-refractivity contribution in [2.75, 3.05) is 0 Å². The van der Waals surface area contributed by atoms with Gasteiger partial charge in [0, 0.05) is 17.1 Å². The largest absolute Gasteiger partial charge is 0.364 e. The maximum atomic E-state index is 11.6. The number of carbonyl (C=O) groups is 1. The van der Waals surface area contributed by atoms with Crippen molar-refractivity contribution in [2.24, 2.45) is 0 Å². The number of hydrogen-bond donors (Lipinski definition) is 1. The normalized spacial score (nSPS) is 10.2. The third-order valence-corrected chi connectivity index (χ3v) is 2.91. The van der Waals surface area contributed by atoms with Crippen LogP contribution in [0.1, 0.15) is 21.6 Å². The lowest BCUT2D eigenvalue weighted by Gasteiger charge is -2.07. The molecule has 4 nitrogen and oxygen atoms in total. The zero-order valence-electron chi connectivity index (χ0n) is 9.24. The van der Waals surface area contributed by atoms with Gasteiger partial charge in [0.2, 0.25) is 0 Å². The van der Waals surface area contributed by atoms with Crippen LogP contribution in [0, 0.1) is 6.92 Å². The van der Waals surface area contributed by atoms with Crippen molar-refractivity contribution in [3.05, 3.63) is 51.8 Å². The molecule has 1 N–H and O–H groups in total. The highest BCUT2D eigenvalue weighted by molar-refractivity contribution is 9.10. The first kappa shape index (κ1) is 11.9. The van der Waals surface area contributed by atoms with Crippen LogP contribution in [0.15, 0.2) is 39.5 Å². The van der Waals surface area contributed by atoms with E-state index in [9.17, 15) is 4.79 Å². The molecule has 1 aromatic carbocycles. The van der Waals surface area contributed by atoms with E-state index < -0.39 is 0 Å². The minimum atomic E-state index is -0.238. The fourth-order valence-corrected chi connectivity index (χ4v) is 1.83. The molecule has 0 fully saturated rings. The predicted molar refractivity (Wildman–Crippen MR) is 66.6 cm³/mol. The number of nitrogens with zero attached hydrogens (tertiary/aromatic N) is 1. The van der Waals surface area contributed by atoms with Gasteiger partial charge in [-0.1, -0.05) is 27.2 Å². The van der Waals surface area contributed by atoms with E-state index in [2.05, 4.69) is 30.9 Å². The van der Waals surface area contributed by atoms with Crippen LogP contribution in [-0.2, 0) is 6.54 Å². The Morgan fingerprint density at radius 3 is 3.00 bits per heavy atom. The Morgan fingerprint density at radius 1 is 1.47 bits per heavy atom. The Hall–Kier alpha value is -1.62. The van der Waals surface area contributed by atoms with E-state index in [1.54, 1.807) is 0 Å². The molecule has 17 heavy (non-hydrogen) atoms. The highest BCUT2D eigenvalue weighted by Crippen LogP contribution is 2.15. The molecule has 0 aliphatic carbocycles. The zero-order valence-corrected chi connectivity index (χ0v) is 10.8. The number of rotatable bonds is 3. The number of aryl methyl sites for hydroxylation is 1. The summed E-state index contributed by atoms with van der Waals surface area (Å²) in [7, 11) is 0. The maximum absolute atomic E-state index is 11.6. The second-order valence-corrected chi connectivity index (χ2v) is 4.55. The highest BCUT2D eigenvalue weighted by atomic mass is 79.9. The van der Waals surface area contributed by atoms with Crippen LogP contribution >= 0.6 is 15.9 Å².